The summed E-state index contributed by atoms with van der Waals surface area (Å²) in [6, 6.07) is 9.24. The number of carbonyl (C=O) groups excluding carboxylic acids is 1. The molecular weight excluding hydrogens is 422 g/mol. The Hall–Kier alpha value is -2.43. The summed E-state index contributed by atoms with van der Waals surface area (Å²) in [4.78, 5) is 12.3. The molecular formula is C28H36F2O3. The van der Waals surface area contributed by atoms with Crippen molar-refractivity contribution in [3.05, 3.63) is 59.2 Å². The van der Waals surface area contributed by atoms with Gasteiger partial charge in [0, 0.05) is 0 Å². The second-order valence-corrected chi connectivity index (χ2v) is 9.12. The van der Waals surface area contributed by atoms with Crippen molar-refractivity contribution in [1.82, 2.24) is 0 Å². The van der Waals surface area contributed by atoms with E-state index in [1.165, 1.54) is 75.6 Å². The predicted molar refractivity (Wildman–Crippen MR) is 127 cm³/mol. The van der Waals surface area contributed by atoms with Gasteiger partial charge in [0.15, 0.2) is 11.6 Å². The molecule has 0 bridgehead atoms. The van der Waals surface area contributed by atoms with E-state index < -0.39 is 17.6 Å². The number of ether oxygens (including phenoxy) is 2. The molecule has 1 saturated carbocycles. The van der Waals surface area contributed by atoms with Crippen molar-refractivity contribution in [2.75, 3.05) is 6.61 Å². The van der Waals surface area contributed by atoms with E-state index in [-0.39, 0.29) is 11.3 Å². The highest BCUT2D eigenvalue weighted by atomic mass is 19.2. The van der Waals surface area contributed by atoms with E-state index in [4.69, 9.17) is 9.47 Å². The van der Waals surface area contributed by atoms with Crippen molar-refractivity contribution in [3.8, 4) is 11.5 Å². The van der Waals surface area contributed by atoms with Crippen LogP contribution in [0.5, 0.6) is 11.5 Å². The average molecular weight is 459 g/mol. The lowest BCUT2D eigenvalue weighted by Gasteiger charge is -2.28. The normalized spacial score (nSPS) is 18.2. The Balaban J connectivity index is 1.51. The quantitative estimate of drug-likeness (QED) is 0.195. The van der Waals surface area contributed by atoms with Gasteiger partial charge in [0.25, 0.3) is 0 Å². The number of unbranched alkanes of at least 4 members (excludes halogenated alkanes) is 2. The predicted octanol–water partition coefficient (Wildman–Crippen LogP) is 7.90. The van der Waals surface area contributed by atoms with E-state index in [1.807, 2.05) is 6.92 Å². The van der Waals surface area contributed by atoms with Crippen LogP contribution in [0, 0.1) is 23.5 Å². The molecule has 0 radical (unpaired) electrons. The summed E-state index contributed by atoms with van der Waals surface area (Å²) in [5.41, 5.74) is 0.589. The van der Waals surface area contributed by atoms with Crippen LogP contribution < -0.4 is 9.47 Å². The highest BCUT2D eigenvalue weighted by Gasteiger charge is 2.22. The topological polar surface area (TPSA) is 35.5 Å². The lowest BCUT2D eigenvalue weighted by Crippen LogP contribution is -2.15. The van der Waals surface area contributed by atoms with Gasteiger partial charge in [-0.2, -0.15) is 4.39 Å². The van der Waals surface area contributed by atoms with E-state index in [0.29, 0.717) is 30.3 Å². The number of aryl methyl sites for hydroxylation is 1. The molecule has 0 unspecified atom stereocenters. The van der Waals surface area contributed by atoms with E-state index in [9.17, 15) is 13.6 Å². The second-order valence-electron chi connectivity index (χ2n) is 9.12. The summed E-state index contributed by atoms with van der Waals surface area (Å²) in [6.07, 6.45) is 11.5. The van der Waals surface area contributed by atoms with E-state index >= 15 is 0 Å². The first-order chi connectivity index (χ1) is 16.0. The minimum atomic E-state index is -1.11. The maximum absolute atomic E-state index is 14.7. The van der Waals surface area contributed by atoms with Gasteiger partial charge in [0.1, 0.15) is 5.75 Å². The zero-order valence-corrected chi connectivity index (χ0v) is 19.9. The molecule has 2 aromatic carbocycles. The van der Waals surface area contributed by atoms with Crippen molar-refractivity contribution >= 4 is 5.97 Å². The number of rotatable bonds is 11. The molecule has 0 spiro atoms. The molecule has 1 fully saturated rings. The van der Waals surface area contributed by atoms with Crippen LogP contribution in [-0.4, -0.2) is 12.6 Å². The van der Waals surface area contributed by atoms with Crippen molar-refractivity contribution in [3.63, 3.8) is 0 Å². The molecule has 33 heavy (non-hydrogen) atoms. The van der Waals surface area contributed by atoms with Crippen LogP contribution in [0.3, 0.4) is 0 Å². The van der Waals surface area contributed by atoms with Crippen LogP contribution in [0.25, 0.3) is 0 Å². The van der Waals surface area contributed by atoms with Crippen LogP contribution in [0.15, 0.2) is 36.4 Å². The Morgan fingerprint density at radius 1 is 0.879 bits per heavy atom. The molecule has 0 aliphatic heterocycles. The third kappa shape index (κ3) is 7.28. The van der Waals surface area contributed by atoms with Crippen LogP contribution in [0.4, 0.5) is 8.78 Å². The molecule has 5 heteroatoms. The summed E-state index contributed by atoms with van der Waals surface area (Å²) in [7, 11) is 0. The first-order valence-electron chi connectivity index (χ1n) is 12.4. The van der Waals surface area contributed by atoms with Gasteiger partial charge in [-0.15, -0.1) is 0 Å². The first kappa shape index (κ1) is 25.2. The van der Waals surface area contributed by atoms with Gasteiger partial charge in [0.2, 0.25) is 5.82 Å². The maximum atomic E-state index is 14.7. The molecule has 3 nitrogen and oxygen atoms in total. The molecule has 0 atom stereocenters. The largest absolute Gasteiger partial charge is 0.494 e. The zero-order chi connectivity index (χ0) is 23.6. The molecule has 0 saturated heterocycles. The van der Waals surface area contributed by atoms with Crippen molar-refractivity contribution < 1.29 is 23.0 Å². The van der Waals surface area contributed by atoms with Gasteiger partial charge < -0.3 is 9.47 Å². The molecule has 180 valence electrons. The van der Waals surface area contributed by atoms with Crippen molar-refractivity contribution in [2.24, 2.45) is 11.8 Å². The Labute approximate surface area is 196 Å². The average Bonchev–Trinajstić information content (AvgIpc) is 2.83. The molecule has 0 amide bonds. The molecule has 0 aromatic heterocycles. The van der Waals surface area contributed by atoms with Crippen LogP contribution >= 0.6 is 0 Å². The van der Waals surface area contributed by atoms with Gasteiger partial charge in [-0.3, -0.25) is 0 Å². The number of esters is 1. The summed E-state index contributed by atoms with van der Waals surface area (Å²) in [5, 5.41) is 0. The minimum Gasteiger partial charge on any atom is -0.494 e. The Kier molecular flexibility index (Phi) is 9.71. The maximum Gasteiger partial charge on any atom is 0.343 e. The standard InChI is InChI=1S/C28H36F2O3/c1-3-5-6-7-20-8-10-21(11-9-20)12-13-22-16-19-25(27(30)26(22)29)33-28(31)23-14-17-24(18-15-23)32-4-2/h14-21H,3-13H2,1-2H3. The number of carbonyl (C=O) groups is 1. The molecule has 0 N–H and O–H groups in total. The number of benzene rings is 2. The molecule has 1 aliphatic carbocycles. The van der Waals surface area contributed by atoms with Gasteiger partial charge in [-0.05, 0) is 67.5 Å². The summed E-state index contributed by atoms with van der Waals surface area (Å²) >= 11 is 0. The third-order valence-corrected chi connectivity index (χ3v) is 6.73. The number of hydrogen-bond acceptors (Lipinski definition) is 3. The second kappa shape index (κ2) is 12.7. The zero-order valence-electron chi connectivity index (χ0n) is 19.9. The Bertz CT molecular complexity index is 887. The summed E-state index contributed by atoms with van der Waals surface area (Å²) < 4.78 is 39.7. The number of hydrogen-bond donors (Lipinski definition) is 0. The lowest BCUT2D eigenvalue weighted by atomic mass is 9.78. The number of halogens is 2. The summed E-state index contributed by atoms with van der Waals surface area (Å²) in [6.45, 7) is 4.61. The molecule has 2 aromatic rings. The van der Waals surface area contributed by atoms with E-state index in [2.05, 4.69) is 6.92 Å². The van der Waals surface area contributed by atoms with E-state index in [1.54, 1.807) is 12.1 Å². The third-order valence-electron chi connectivity index (χ3n) is 6.73. The monoisotopic (exact) mass is 458 g/mol. The smallest absolute Gasteiger partial charge is 0.343 e. The minimum absolute atomic E-state index is 0.243. The Morgan fingerprint density at radius 2 is 1.55 bits per heavy atom. The highest BCUT2D eigenvalue weighted by Crippen LogP contribution is 2.35. The fourth-order valence-corrected chi connectivity index (χ4v) is 4.71. The summed E-state index contributed by atoms with van der Waals surface area (Å²) in [5.74, 6) is -1.10. The van der Waals surface area contributed by atoms with Gasteiger partial charge >= 0.3 is 5.97 Å². The van der Waals surface area contributed by atoms with Crippen LogP contribution in [-0.2, 0) is 6.42 Å². The van der Waals surface area contributed by atoms with Crippen molar-refractivity contribution in [1.29, 1.82) is 0 Å². The fraction of sp³-hybridized carbons (Fsp3) is 0.536. The van der Waals surface area contributed by atoms with Gasteiger partial charge in [-0.1, -0.05) is 64.4 Å². The Morgan fingerprint density at radius 3 is 2.18 bits per heavy atom. The SMILES string of the molecule is CCCCCC1CCC(CCc2ccc(OC(=O)c3ccc(OCC)cc3)c(F)c2F)CC1. The molecule has 3 rings (SSSR count). The molecule has 0 heterocycles. The molecule has 1 aliphatic rings. The van der Waals surface area contributed by atoms with E-state index in [0.717, 1.165) is 12.3 Å². The van der Waals surface area contributed by atoms with Crippen LogP contribution in [0.2, 0.25) is 0 Å². The first-order valence-corrected chi connectivity index (χ1v) is 12.4. The van der Waals surface area contributed by atoms with Crippen LogP contribution in [0.1, 0.15) is 87.6 Å². The lowest BCUT2D eigenvalue weighted by molar-refractivity contribution is 0.0726. The highest BCUT2D eigenvalue weighted by molar-refractivity contribution is 5.91. The van der Waals surface area contributed by atoms with Gasteiger partial charge in [0.05, 0.1) is 12.2 Å². The van der Waals surface area contributed by atoms with Gasteiger partial charge in [-0.25, -0.2) is 9.18 Å². The fourth-order valence-electron chi connectivity index (χ4n) is 4.71. The van der Waals surface area contributed by atoms with Crippen molar-refractivity contribution in [2.45, 2.75) is 78.1 Å².